The van der Waals surface area contributed by atoms with Crippen LogP contribution in [0.3, 0.4) is 0 Å². The minimum absolute atomic E-state index is 0.125. The van der Waals surface area contributed by atoms with Gasteiger partial charge in [-0.25, -0.2) is 4.79 Å². The first-order chi connectivity index (χ1) is 11.8. The van der Waals surface area contributed by atoms with Crippen molar-refractivity contribution in [2.75, 3.05) is 0 Å². The summed E-state index contributed by atoms with van der Waals surface area (Å²) < 4.78 is 6.02. The van der Waals surface area contributed by atoms with Gasteiger partial charge in [-0.15, -0.1) is 0 Å². The average molecular weight is 342 g/mol. The Labute approximate surface area is 150 Å². The number of rotatable bonds is 2. The molecule has 0 amide bonds. The van der Waals surface area contributed by atoms with Crippen LogP contribution in [-0.4, -0.2) is 23.3 Å². The van der Waals surface area contributed by atoms with Crippen molar-refractivity contribution < 1.29 is 14.6 Å². The van der Waals surface area contributed by atoms with Crippen LogP contribution in [0.5, 0.6) is 0 Å². The molecule has 136 valence electrons. The summed E-state index contributed by atoms with van der Waals surface area (Å²) in [4.78, 5) is 12.6. The van der Waals surface area contributed by atoms with E-state index in [9.17, 15) is 9.90 Å². The van der Waals surface area contributed by atoms with E-state index in [4.69, 9.17) is 4.74 Å². The van der Waals surface area contributed by atoms with Gasteiger partial charge in [0.1, 0.15) is 6.10 Å². The molecule has 0 aromatic heterocycles. The molecule has 25 heavy (non-hydrogen) atoms. The van der Waals surface area contributed by atoms with Gasteiger partial charge in [0.25, 0.3) is 0 Å². The van der Waals surface area contributed by atoms with Gasteiger partial charge in [-0.05, 0) is 61.0 Å². The van der Waals surface area contributed by atoms with Crippen LogP contribution in [0.2, 0.25) is 0 Å². The molecular weight excluding hydrogens is 312 g/mol. The lowest BCUT2D eigenvalue weighted by Gasteiger charge is -2.56. The first-order valence-corrected chi connectivity index (χ1v) is 9.70. The van der Waals surface area contributed by atoms with Crippen molar-refractivity contribution in [3.63, 3.8) is 0 Å². The van der Waals surface area contributed by atoms with E-state index in [0.717, 1.165) is 19.3 Å². The molecule has 3 heteroatoms. The van der Waals surface area contributed by atoms with E-state index in [-0.39, 0.29) is 40.3 Å². The lowest BCUT2D eigenvalue weighted by Crippen LogP contribution is -2.52. The molecule has 1 spiro atoms. The Morgan fingerprint density at radius 1 is 1.12 bits per heavy atom. The van der Waals surface area contributed by atoms with Gasteiger partial charge < -0.3 is 9.84 Å². The number of hydrogen-bond acceptors (Lipinski definition) is 3. The quantitative estimate of drug-likeness (QED) is 0.800. The normalized spacial score (nSPS) is 41.8. The summed E-state index contributed by atoms with van der Waals surface area (Å²) in [6, 6.07) is 9.25. The maximum atomic E-state index is 12.6. The Bertz CT molecular complexity index is 667. The number of fused-ring (bicyclic) bond motifs is 1. The van der Waals surface area contributed by atoms with Crippen molar-refractivity contribution in [3.05, 3.63) is 35.9 Å². The predicted molar refractivity (Wildman–Crippen MR) is 97.2 cm³/mol. The maximum Gasteiger partial charge on any atom is 0.338 e. The number of carbonyl (C=O) groups is 1. The molecule has 0 aliphatic heterocycles. The van der Waals surface area contributed by atoms with Crippen molar-refractivity contribution in [1.29, 1.82) is 0 Å². The van der Waals surface area contributed by atoms with Gasteiger partial charge in [0.15, 0.2) is 0 Å². The van der Waals surface area contributed by atoms with Crippen LogP contribution in [0.15, 0.2) is 30.3 Å². The number of ether oxygens (including phenoxy) is 1. The van der Waals surface area contributed by atoms with Crippen molar-refractivity contribution in [3.8, 4) is 0 Å². The van der Waals surface area contributed by atoms with Gasteiger partial charge in [0, 0.05) is 5.41 Å². The molecular formula is C22H30O3. The minimum Gasteiger partial charge on any atom is -0.458 e. The van der Waals surface area contributed by atoms with Gasteiger partial charge in [-0.3, -0.25) is 0 Å². The van der Waals surface area contributed by atoms with E-state index >= 15 is 0 Å². The number of hydrogen-bond donors (Lipinski definition) is 1. The summed E-state index contributed by atoms with van der Waals surface area (Å²) in [5, 5.41) is 11.0. The van der Waals surface area contributed by atoms with Crippen LogP contribution in [0.25, 0.3) is 0 Å². The Balaban J connectivity index is 1.62. The van der Waals surface area contributed by atoms with Gasteiger partial charge >= 0.3 is 5.97 Å². The second-order valence-electron chi connectivity index (χ2n) is 9.74. The molecule has 0 saturated heterocycles. The van der Waals surface area contributed by atoms with Crippen LogP contribution in [0.4, 0.5) is 0 Å². The Morgan fingerprint density at radius 2 is 1.84 bits per heavy atom. The average Bonchev–Trinajstić information content (AvgIpc) is 2.73. The monoisotopic (exact) mass is 342 g/mol. The zero-order chi connectivity index (χ0) is 17.9. The van der Waals surface area contributed by atoms with E-state index in [1.807, 2.05) is 30.3 Å². The Morgan fingerprint density at radius 3 is 2.56 bits per heavy atom. The predicted octanol–water partition coefficient (Wildman–Crippen LogP) is 4.59. The third-order valence-electron chi connectivity index (χ3n) is 7.46. The second kappa shape index (κ2) is 5.57. The maximum absolute atomic E-state index is 12.6. The molecule has 3 aliphatic carbocycles. The third-order valence-corrected chi connectivity index (χ3v) is 7.46. The SMILES string of the molecule is CC1(C)[C@@H](OC(=O)c2ccccc2)C[C@]23CCC[C@@](C)(C[C@@H](O)[C@H]12)C3. The number of benzene rings is 1. The van der Waals surface area contributed by atoms with Crippen LogP contribution in [0.1, 0.15) is 69.7 Å². The fraction of sp³-hybridized carbons (Fsp3) is 0.682. The van der Waals surface area contributed by atoms with Gasteiger partial charge in [0.05, 0.1) is 11.7 Å². The van der Waals surface area contributed by atoms with E-state index in [1.165, 1.54) is 19.3 Å². The third kappa shape index (κ3) is 2.63. The summed E-state index contributed by atoms with van der Waals surface area (Å²) in [5.41, 5.74) is 0.806. The molecule has 3 aliphatic rings. The molecule has 1 aromatic carbocycles. The topological polar surface area (TPSA) is 46.5 Å². The molecule has 0 unspecified atom stereocenters. The van der Waals surface area contributed by atoms with Crippen molar-refractivity contribution in [2.45, 2.75) is 71.5 Å². The summed E-state index contributed by atoms with van der Waals surface area (Å²) in [7, 11) is 0. The Kier molecular flexibility index (Phi) is 3.81. The van der Waals surface area contributed by atoms with Gasteiger partial charge in [0.2, 0.25) is 0 Å². The number of carbonyl (C=O) groups excluding carboxylic acids is 1. The largest absolute Gasteiger partial charge is 0.458 e. The molecule has 1 aromatic rings. The first-order valence-electron chi connectivity index (χ1n) is 9.70. The molecule has 3 saturated carbocycles. The first kappa shape index (κ1) is 17.1. The van der Waals surface area contributed by atoms with E-state index in [2.05, 4.69) is 20.8 Å². The smallest absolute Gasteiger partial charge is 0.338 e. The molecule has 4 rings (SSSR count). The summed E-state index contributed by atoms with van der Waals surface area (Å²) >= 11 is 0. The minimum atomic E-state index is -0.283. The highest BCUT2D eigenvalue weighted by molar-refractivity contribution is 5.89. The zero-order valence-electron chi connectivity index (χ0n) is 15.6. The molecule has 1 N–H and O–H groups in total. The van der Waals surface area contributed by atoms with Gasteiger partial charge in [-0.1, -0.05) is 45.4 Å². The highest BCUT2D eigenvalue weighted by atomic mass is 16.5. The van der Waals surface area contributed by atoms with Crippen LogP contribution in [0, 0.1) is 22.2 Å². The number of aliphatic hydroxyl groups is 1. The zero-order valence-corrected chi connectivity index (χ0v) is 15.6. The van der Waals surface area contributed by atoms with Crippen molar-refractivity contribution >= 4 is 5.97 Å². The lowest BCUT2D eigenvalue weighted by atomic mass is 9.49. The molecule has 0 heterocycles. The highest BCUT2D eigenvalue weighted by Crippen LogP contribution is 2.69. The molecule has 0 radical (unpaired) electrons. The van der Waals surface area contributed by atoms with Crippen LogP contribution >= 0.6 is 0 Å². The highest BCUT2D eigenvalue weighted by Gasteiger charge is 2.66. The molecule has 3 nitrogen and oxygen atoms in total. The van der Waals surface area contributed by atoms with Crippen LogP contribution < -0.4 is 0 Å². The van der Waals surface area contributed by atoms with Crippen molar-refractivity contribution in [2.24, 2.45) is 22.2 Å². The Hall–Kier alpha value is -1.35. The van der Waals surface area contributed by atoms with Crippen LogP contribution in [-0.2, 0) is 4.74 Å². The molecule has 5 atom stereocenters. The van der Waals surface area contributed by atoms with Gasteiger partial charge in [-0.2, -0.15) is 0 Å². The number of esters is 1. The van der Waals surface area contributed by atoms with E-state index in [1.54, 1.807) is 0 Å². The lowest BCUT2D eigenvalue weighted by molar-refractivity contribution is -0.126. The van der Waals surface area contributed by atoms with Crippen molar-refractivity contribution in [1.82, 2.24) is 0 Å². The summed E-state index contributed by atoms with van der Waals surface area (Å²) in [6.45, 7) is 6.72. The second-order valence-corrected chi connectivity index (χ2v) is 9.74. The number of aliphatic hydroxyl groups excluding tert-OH is 1. The molecule has 3 fully saturated rings. The fourth-order valence-electron chi connectivity index (χ4n) is 6.75. The van der Waals surface area contributed by atoms with E-state index < -0.39 is 0 Å². The summed E-state index contributed by atoms with van der Waals surface area (Å²) in [5.74, 6) is -0.0104. The standard InChI is InChI=1S/C22H30O3/c1-20(2)17(25-19(24)15-8-5-4-6-9-15)13-22-11-7-10-21(3,14-22)12-16(23)18(20)22/h4-6,8-9,16-18,23H,7,10-14H2,1-3H3/t16-,17+,18-,21+,22+/m1/s1. The summed E-state index contributed by atoms with van der Waals surface area (Å²) in [6.07, 6.45) is 6.16. The fourth-order valence-corrected chi connectivity index (χ4v) is 6.75. The van der Waals surface area contributed by atoms with E-state index in [0.29, 0.717) is 5.56 Å². The molecule has 2 bridgehead atoms.